The van der Waals surface area contributed by atoms with Crippen LogP contribution in [0.3, 0.4) is 0 Å². The Morgan fingerprint density at radius 2 is 1.70 bits per heavy atom. The number of hydrogen-bond donors (Lipinski definition) is 1. The van der Waals surface area contributed by atoms with Crippen LogP contribution in [0.1, 0.15) is 18.9 Å². The molecule has 0 aliphatic carbocycles. The summed E-state index contributed by atoms with van der Waals surface area (Å²) in [4.78, 5) is 28.4. The first-order chi connectivity index (χ1) is 13.1. The lowest BCUT2D eigenvalue weighted by Gasteiger charge is -2.37. The predicted octanol–water partition coefficient (Wildman–Crippen LogP) is 3.58. The Bertz CT molecular complexity index is 802. The average molecular weight is 386 g/mol. The zero-order chi connectivity index (χ0) is 19.2. The van der Waals surface area contributed by atoms with E-state index in [1.807, 2.05) is 60.4 Å². The first kappa shape index (κ1) is 19.2. The molecule has 0 radical (unpaired) electrons. The van der Waals surface area contributed by atoms with Crippen molar-refractivity contribution < 1.29 is 9.59 Å². The topological polar surface area (TPSA) is 52.7 Å². The third kappa shape index (κ3) is 4.80. The Labute approximate surface area is 164 Å². The van der Waals surface area contributed by atoms with Crippen molar-refractivity contribution in [2.24, 2.45) is 0 Å². The number of rotatable bonds is 5. The molecule has 1 aliphatic rings. The second-order valence-electron chi connectivity index (χ2n) is 6.57. The highest BCUT2D eigenvalue weighted by molar-refractivity contribution is 6.34. The normalized spacial score (nSPS) is 14.1. The summed E-state index contributed by atoms with van der Waals surface area (Å²) in [6.07, 6.45) is 0.832. The molecule has 0 atom stereocenters. The largest absolute Gasteiger partial charge is 0.365 e. The van der Waals surface area contributed by atoms with Crippen LogP contribution in [-0.2, 0) is 16.0 Å². The lowest BCUT2D eigenvalue weighted by atomic mass is 10.1. The molecule has 6 heteroatoms. The second-order valence-corrected chi connectivity index (χ2v) is 6.98. The fourth-order valence-corrected chi connectivity index (χ4v) is 3.61. The Hall–Kier alpha value is -2.53. The molecule has 1 fully saturated rings. The quantitative estimate of drug-likeness (QED) is 0.855. The fraction of sp³-hybridized carbons (Fsp3) is 0.333. The molecule has 2 amide bonds. The highest BCUT2D eigenvalue weighted by Gasteiger charge is 2.23. The molecule has 2 aromatic carbocycles. The van der Waals surface area contributed by atoms with Crippen LogP contribution in [0.2, 0.25) is 5.02 Å². The van der Waals surface area contributed by atoms with Crippen LogP contribution < -0.4 is 10.2 Å². The highest BCUT2D eigenvalue weighted by Crippen LogP contribution is 2.34. The number of halogens is 1. The van der Waals surface area contributed by atoms with E-state index in [0.717, 1.165) is 11.3 Å². The minimum absolute atomic E-state index is 0.0792. The second kappa shape index (κ2) is 8.91. The molecule has 2 aromatic rings. The van der Waals surface area contributed by atoms with Crippen molar-refractivity contribution >= 4 is 34.8 Å². The number of piperazine rings is 1. The molecule has 1 aliphatic heterocycles. The van der Waals surface area contributed by atoms with E-state index in [9.17, 15) is 9.59 Å². The van der Waals surface area contributed by atoms with Crippen LogP contribution in [0.15, 0.2) is 48.5 Å². The maximum Gasteiger partial charge on any atom is 0.228 e. The van der Waals surface area contributed by atoms with Gasteiger partial charge in [0.05, 0.1) is 22.8 Å². The highest BCUT2D eigenvalue weighted by atomic mass is 35.5. The molecule has 0 saturated carbocycles. The molecule has 3 rings (SSSR count). The van der Waals surface area contributed by atoms with Gasteiger partial charge in [0.1, 0.15) is 0 Å². The van der Waals surface area contributed by atoms with Gasteiger partial charge in [-0.2, -0.15) is 0 Å². The Morgan fingerprint density at radius 1 is 1.00 bits per heavy atom. The van der Waals surface area contributed by atoms with Gasteiger partial charge in [0.2, 0.25) is 11.8 Å². The number of amides is 2. The Kier molecular flexibility index (Phi) is 6.35. The summed E-state index contributed by atoms with van der Waals surface area (Å²) in [5.41, 5.74) is 2.49. The lowest BCUT2D eigenvalue weighted by molar-refractivity contribution is -0.131. The summed E-state index contributed by atoms with van der Waals surface area (Å²) < 4.78 is 0. The smallest absolute Gasteiger partial charge is 0.228 e. The molecule has 0 unspecified atom stereocenters. The van der Waals surface area contributed by atoms with Crippen molar-refractivity contribution in [2.75, 3.05) is 36.4 Å². The molecule has 1 saturated heterocycles. The molecule has 0 spiro atoms. The summed E-state index contributed by atoms with van der Waals surface area (Å²) in [7, 11) is 0. The van der Waals surface area contributed by atoms with Gasteiger partial charge in [0.15, 0.2) is 0 Å². The number of nitrogens with one attached hydrogen (secondary N) is 1. The van der Waals surface area contributed by atoms with E-state index in [-0.39, 0.29) is 11.8 Å². The first-order valence-corrected chi connectivity index (χ1v) is 9.61. The molecule has 0 aromatic heterocycles. The van der Waals surface area contributed by atoms with Crippen molar-refractivity contribution in [1.29, 1.82) is 0 Å². The van der Waals surface area contributed by atoms with Gasteiger partial charge in [0, 0.05) is 32.6 Å². The van der Waals surface area contributed by atoms with Gasteiger partial charge in [0.25, 0.3) is 0 Å². The van der Waals surface area contributed by atoms with Crippen molar-refractivity contribution in [2.45, 2.75) is 19.8 Å². The van der Waals surface area contributed by atoms with E-state index in [1.165, 1.54) is 0 Å². The minimum atomic E-state index is -0.0792. The van der Waals surface area contributed by atoms with Crippen LogP contribution >= 0.6 is 11.6 Å². The van der Waals surface area contributed by atoms with E-state index >= 15 is 0 Å². The van der Waals surface area contributed by atoms with Gasteiger partial charge in [-0.25, -0.2) is 0 Å². The van der Waals surface area contributed by atoms with Gasteiger partial charge in [-0.05, 0) is 17.7 Å². The van der Waals surface area contributed by atoms with E-state index in [4.69, 9.17) is 11.6 Å². The van der Waals surface area contributed by atoms with Crippen molar-refractivity contribution in [3.63, 3.8) is 0 Å². The molecule has 5 nitrogen and oxygen atoms in total. The number of anilines is 2. The average Bonchev–Trinajstić information content (AvgIpc) is 2.68. The van der Waals surface area contributed by atoms with Crippen LogP contribution in [0.5, 0.6) is 0 Å². The van der Waals surface area contributed by atoms with E-state index in [0.29, 0.717) is 49.7 Å². The SMILES string of the molecule is CCC(=O)N1CCN(c2c(Cl)cccc2NC(=O)Cc2ccccc2)CC1. The van der Waals surface area contributed by atoms with E-state index in [1.54, 1.807) is 0 Å². The standard InChI is InChI=1S/C21H24ClN3O2/c1-2-20(27)24-11-13-25(14-12-24)21-17(22)9-6-10-18(21)23-19(26)15-16-7-4-3-5-8-16/h3-10H,2,11-15H2,1H3,(H,23,26). The van der Waals surface area contributed by atoms with Gasteiger partial charge in [-0.3, -0.25) is 9.59 Å². The molecule has 27 heavy (non-hydrogen) atoms. The summed E-state index contributed by atoms with van der Waals surface area (Å²) in [5, 5.41) is 3.60. The van der Waals surface area contributed by atoms with Gasteiger partial charge in [-0.15, -0.1) is 0 Å². The molecule has 142 valence electrons. The van der Waals surface area contributed by atoms with E-state index < -0.39 is 0 Å². The number of carbonyl (C=O) groups excluding carboxylic acids is 2. The Balaban J connectivity index is 1.71. The zero-order valence-electron chi connectivity index (χ0n) is 15.5. The molecular weight excluding hydrogens is 362 g/mol. The number of para-hydroxylation sites is 1. The summed E-state index contributed by atoms with van der Waals surface area (Å²) in [6, 6.07) is 15.2. The zero-order valence-corrected chi connectivity index (χ0v) is 16.2. The third-order valence-electron chi connectivity index (χ3n) is 4.72. The number of carbonyl (C=O) groups is 2. The van der Waals surface area contributed by atoms with Crippen molar-refractivity contribution in [3.8, 4) is 0 Å². The number of benzene rings is 2. The fourth-order valence-electron chi connectivity index (χ4n) is 3.32. The van der Waals surface area contributed by atoms with Crippen LogP contribution in [-0.4, -0.2) is 42.9 Å². The monoisotopic (exact) mass is 385 g/mol. The maximum atomic E-state index is 12.5. The van der Waals surface area contributed by atoms with Crippen molar-refractivity contribution in [1.82, 2.24) is 4.90 Å². The molecule has 1 heterocycles. The lowest BCUT2D eigenvalue weighted by Crippen LogP contribution is -2.48. The van der Waals surface area contributed by atoms with Crippen molar-refractivity contribution in [3.05, 3.63) is 59.1 Å². The Morgan fingerprint density at radius 3 is 2.37 bits per heavy atom. The summed E-state index contributed by atoms with van der Waals surface area (Å²) in [6.45, 7) is 4.59. The van der Waals surface area contributed by atoms with Gasteiger partial charge in [-0.1, -0.05) is 54.9 Å². The van der Waals surface area contributed by atoms with E-state index in [2.05, 4.69) is 10.2 Å². The number of hydrogen-bond acceptors (Lipinski definition) is 3. The molecule has 0 bridgehead atoms. The predicted molar refractivity (Wildman–Crippen MR) is 109 cm³/mol. The third-order valence-corrected chi connectivity index (χ3v) is 5.02. The van der Waals surface area contributed by atoms with Gasteiger partial charge >= 0.3 is 0 Å². The van der Waals surface area contributed by atoms with Gasteiger partial charge < -0.3 is 15.1 Å². The number of nitrogens with zero attached hydrogens (tertiary/aromatic N) is 2. The van der Waals surface area contributed by atoms with Crippen LogP contribution in [0.4, 0.5) is 11.4 Å². The maximum absolute atomic E-state index is 12.5. The molecular formula is C21H24ClN3O2. The minimum Gasteiger partial charge on any atom is -0.365 e. The van der Waals surface area contributed by atoms with Crippen LogP contribution in [0, 0.1) is 0 Å². The summed E-state index contributed by atoms with van der Waals surface area (Å²) in [5.74, 6) is 0.0923. The molecule has 1 N–H and O–H groups in total. The van der Waals surface area contributed by atoms with Crippen LogP contribution in [0.25, 0.3) is 0 Å². The first-order valence-electron chi connectivity index (χ1n) is 9.23. The summed E-state index contributed by atoms with van der Waals surface area (Å²) >= 11 is 6.46.